The van der Waals surface area contributed by atoms with Gasteiger partial charge in [-0.3, -0.25) is 0 Å². The molecular weight excluding hydrogens is 226 g/mol. The molecule has 0 N–H and O–H groups in total. The van der Waals surface area contributed by atoms with Crippen molar-refractivity contribution < 1.29 is 4.74 Å². The fourth-order valence-corrected chi connectivity index (χ4v) is 1.74. The number of alkyl halides is 1. The summed E-state index contributed by atoms with van der Waals surface area (Å²) in [5.41, 5.74) is 1.08. The molecule has 5 heteroatoms. The number of para-hydroxylation sites is 1. The first-order valence-corrected chi connectivity index (χ1v) is 5.43. The molecule has 0 bridgehead atoms. The SMILES string of the molecule is COc1ccccc1Cn1cnnc1CCl. The van der Waals surface area contributed by atoms with Crippen molar-refractivity contribution in [1.82, 2.24) is 14.8 Å². The smallest absolute Gasteiger partial charge is 0.148 e. The molecule has 2 rings (SSSR count). The first-order valence-electron chi connectivity index (χ1n) is 4.89. The lowest BCUT2D eigenvalue weighted by atomic mass is 10.2. The van der Waals surface area contributed by atoms with Crippen LogP contribution in [-0.2, 0) is 12.4 Å². The number of methoxy groups -OCH3 is 1. The topological polar surface area (TPSA) is 39.9 Å². The average molecular weight is 238 g/mol. The van der Waals surface area contributed by atoms with Crippen LogP contribution in [0.2, 0.25) is 0 Å². The van der Waals surface area contributed by atoms with Crippen LogP contribution in [0.4, 0.5) is 0 Å². The molecule has 0 radical (unpaired) electrons. The van der Waals surface area contributed by atoms with E-state index in [-0.39, 0.29) is 0 Å². The van der Waals surface area contributed by atoms with E-state index < -0.39 is 0 Å². The molecule has 0 unspecified atom stereocenters. The van der Waals surface area contributed by atoms with Gasteiger partial charge in [0.15, 0.2) is 0 Å². The van der Waals surface area contributed by atoms with Crippen LogP contribution in [0.1, 0.15) is 11.4 Å². The molecule has 1 aromatic carbocycles. The van der Waals surface area contributed by atoms with Crippen molar-refractivity contribution in [1.29, 1.82) is 0 Å². The van der Waals surface area contributed by atoms with Crippen LogP contribution in [0.5, 0.6) is 5.75 Å². The summed E-state index contributed by atoms with van der Waals surface area (Å²) in [5, 5.41) is 7.76. The van der Waals surface area contributed by atoms with Crippen molar-refractivity contribution in [2.24, 2.45) is 0 Å². The summed E-state index contributed by atoms with van der Waals surface area (Å²) in [5.74, 6) is 1.97. The van der Waals surface area contributed by atoms with Gasteiger partial charge in [-0.2, -0.15) is 0 Å². The Kier molecular flexibility index (Phi) is 3.41. The second-order valence-corrected chi connectivity index (χ2v) is 3.59. The monoisotopic (exact) mass is 237 g/mol. The minimum atomic E-state index is 0.356. The Morgan fingerprint density at radius 2 is 2.19 bits per heavy atom. The number of halogens is 1. The third-order valence-electron chi connectivity index (χ3n) is 2.35. The van der Waals surface area contributed by atoms with Gasteiger partial charge in [0, 0.05) is 5.56 Å². The van der Waals surface area contributed by atoms with E-state index in [2.05, 4.69) is 10.2 Å². The quantitative estimate of drug-likeness (QED) is 0.765. The molecule has 0 spiro atoms. The molecule has 84 valence electrons. The molecule has 0 aliphatic heterocycles. The highest BCUT2D eigenvalue weighted by Crippen LogP contribution is 2.18. The molecule has 16 heavy (non-hydrogen) atoms. The Balaban J connectivity index is 2.26. The highest BCUT2D eigenvalue weighted by Gasteiger charge is 2.06. The Morgan fingerprint density at radius 3 is 2.94 bits per heavy atom. The largest absolute Gasteiger partial charge is 0.496 e. The van der Waals surface area contributed by atoms with Crippen molar-refractivity contribution in [2.75, 3.05) is 7.11 Å². The van der Waals surface area contributed by atoms with Gasteiger partial charge in [-0.25, -0.2) is 0 Å². The molecule has 0 aliphatic rings. The van der Waals surface area contributed by atoms with Crippen molar-refractivity contribution in [2.45, 2.75) is 12.4 Å². The third-order valence-corrected chi connectivity index (χ3v) is 2.59. The van der Waals surface area contributed by atoms with E-state index in [0.29, 0.717) is 12.4 Å². The molecule has 4 nitrogen and oxygen atoms in total. The molecule has 2 aromatic rings. The fourth-order valence-electron chi connectivity index (χ4n) is 1.53. The lowest BCUT2D eigenvalue weighted by Gasteiger charge is -2.09. The molecule has 1 aromatic heterocycles. The summed E-state index contributed by atoms with van der Waals surface area (Å²) in [4.78, 5) is 0. The lowest BCUT2D eigenvalue weighted by Crippen LogP contribution is -2.04. The van der Waals surface area contributed by atoms with Gasteiger partial charge >= 0.3 is 0 Å². The summed E-state index contributed by atoms with van der Waals surface area (Å²) < 4.78 is 7.19. The predicted molar refractivity (Wildman–Crippen MR) is 61.7 cm³/mol. The van der Waals surface area contributed by atoms with Gasteiger partial charge < -0.3 is 9.30 Å². The van der Waals surface area contributed by atoms with E-state index in [1.165, 1.54) is 0 Å². The van der Waals surface area contributed by atoms with Gasteiger partial charge in [0.25, 0.3) is 0 Å². The third kappa shape index (κ3) is 2.17. The average Bonchev–Trinajstić information content (AvgIpc) is 2.77. The zero-order chi connectivity index (χ0) is 11.4. The summed E-state index contributed by atoms with van der Waals surface area (Å²) >= 11 is 5.76. The Bertz CT molecular complexity index is 470. The minimum absolute atomic E-state index is 0.356. The first-order chi connectivity index (χ1) is 7.85. The van der Waals surface area contributed by atoms with E-state index in [4.69, 9.17) is 16.3 Å². The van der Waals surface area contributed by atoms with Crippen LogP contribution in [0.3, 0.4) is 0 Å². The van der Waals surface area contributed by atoms with Gasteiger partial charge in [0.2, 0.25) is 0 Å². The Hall–Kier alpha value is -1.55. The van der Waals surface area contributed by atoms with Gasteiger partial charge in [0.1, 0.15) is 17.9 Å². The molecule has 0 atom stereocenters. The summed E-state index contributed by atoms with van der Waals surface area (Å²) in [6, 6.07) is 7.86. The number of hydrogen-bond acceptors (Lipinski definition) is 3. The summed E-state index contributed by atoms with van der Waals surface area (Å²) in [6.07, 6.45) is 1.67. The van der Waals surface area contributed by atoms with Crippen LogP contribution in [0.15, 0.2) is 30.6 Å². The van der Waals surface area contributed by atoms with Crippen molar-refractivity contribution in [3.05, 3.63) is 42.0 Å². The number of ether oxygens (including phenoxy) is 1. The molecule has 0 saturated heterocycles. The second-order valence-electron chi connectivity index (χ2n) is 3.32. The van der Waals surface area contributed by atoms with Gasteiger partial charge in [-0.05, 0) is 6.07 Å². The fraction of sp³-hybridized carbons (Fsp3) is 0.273. The highest BCUT2D eigenvalue weighted by molar-refractivity contribution is 6.16. The molecular formula is C11H12ClN3O. The number of nitrogens with zero attached hydrogens (tertiary/aromatic N) is 3. The summed E-state index contributed by atoms with van der Waals surface area (Å²) in [6.45, 7) is 0.666. The second kappa shape index (κ2) is 4.99. The first kappa shape index (κ1) is 11.0. The molecule has 0 saturated carbocycles. The number of benzene rings is 1. The van der Waals surface area contributed by atoms with E-state index in [1.54, 1.807) is 13.4 Å². The van der Waals surface area contributed by atoms with Crippen molar-refractivity contribution >= 4 is 11.6 Å². The molecule has 1 heterocycles. The zero-order valence-corrected chi connectivity index (χ0v) is 9.68. The van der Waals surface area contributed by atoms with Crippen molar-refractivity contribution in [3.63, 3.8) is 0 Å². The van der Waals surface area contributed by atoms with E-state index >= 15 is 0 Å². The maximum Gasteiger partial charge on any atom is 0.148 e. The standard InChI is InChI=1S/C11H12ClN3O/c1-16-10-5-3-2-4-9(10)7-15-8-13-14-11(15)6-12/h2-5,8H,6-7H2,1H3. The van der Waals surface area contributed by atoms with Crippen LogP contribution in [0, 0.1) is 0 Å². The number of rotatable bonds is 4. The Labute approximate surface area is 98.8 Å². The van der Waals surface area contributed by atoms with Gasteiger partial charge in [-0.15, -0.1) is 21.8 Å². The summed E-state index contributed by atoms with van der Waals surface area (Å²) in [7, 11) is 1.66. The normalized spacial score (nSPS) is 10.4. The van der Waals surface area contributed by atoms with Crippen LogP contribution in [-0.4, -0.2) is 21.9 Å². The zero-order valence-electron chi connectivity index (χ0n) is 8.93. The molecule has 0 fully saturated rings. The van der Waals surface area contributed by atoms with Crippen LogP contribution in [0.25, 0.3) is 0 Å². The maximum absolute atomic E-state index is 5.76. The van der Waals surface area contributed by atoms with Gasteiger partial charge in [-0.1, -0.05) is 18.2 Å². The number of aromatic nitrogens is 3. The van der Waals surface area contributed by atoms with E-state index in [0.717, 1.165) is 17.1 Å². The minimum Gasteiger partial charge on any atom is -0.496 e. The maximum atomic E-state index is 5.76. The highest BCUT2D eigenvalue weighted by atomic mass is 35.5. The Morgan fingerprint density at radius 1 is 1.38 bits per heavy atom. The molecule has 0 amide bonds. The van der Waals surface area contributed by atoms with Crippen LogP contribution < -0.4 is 4.74 Å². The lowest BCUT2D eigenvalue weighted by molar-refractivity contribution is 0.408. The van der Waals surface area contributed by atoms with E-state index in [1.807, 2.05) is 28.8 Å². The van der Waals surface area contributed by atoms with Gasteiger partial charge in [0.05, 0.1) is 19.5 Å². The van der Waals surface area contributed by atoms with E-state index in [9.17, 15) is 0 Å². The molecule has 0 aliphatic carbocycles. The number of hydrogen-bond donors (Lipinski definition) is 0. The van der Waals surface area contributed by atoms with Crippen molar-refractivity contribution in [3.8, 4) is 5.75 Å². The van der Waals surface area contributed by atoms with Crippen LogP contribution >= 0.6 is 11.6 Å². The predicted octanol–water partition coefficient (Wildman–Crippen LogP) is 2.07.